The predicted molar refractivity (Wildman–Crippen MR) is 84.8 cm³/mol. The fourth-order valence-corrected chi connectivity index (χ4v) is 3.96. The molecule has 0 spiro atoms. The zero-order valence-electron chi connectivity index (χ0n) is 12.7. The van der Waals surface area contributed by atoms with Gasteiger partial charge in [0, 0.05) is 36.1 Å². The number of rotatable bonds is 5. The summed E-state index contributed by atoms with van der Waals surface area (Å²) in [6.07, 6.45) is 2.52. The third kappa shape index (κ3) is 3.80. The van der Waals surface area contributed by atoms with Crippen molar-refractivity contribution >= 4 is 11.3 Å². The second-order valence-electron chi connectivity index (χ2n) is 6.18. The SMILES string of the molecule is CCC1CNC(CC(C)C)CN1C(C)c1cccs1. The van der Waals surface area contributed by atoms with Crippen molar-refractivity contribution in [1.82, 2.24) is 10.2 Å². The molecule has 1 aliphatic rings. The molecule has 1 fully saturated rings. The molecule has 1 N–H and O–H groups in total. The lowest BCUT2D eigenvalue weighted by atomic mass is 9.97. The Morgan fingerprint density at radius 3 is 2.79 bits per heavy atom. The van der Waals surface area contributed by atoms with Crippen molar-refractivity contribution in [3.05, 3.63) is 22.4 Å². The van der Waals surface area contributed by atoms with Gasteiger partial charge in [0.15, 0.2) is 0 Å². The molecule has 0 bridgehead atoms. The van der Waals surface area contributed by atoms with Gasteiger partial charge in [0.2, 0.25) is 0 Å². The summed E-state index contributed by atoms with van der Waals surface area (Å²) in [6.45, 7) is 11.6. The molecule has 0 aliphatic carbocycles. The summed E-state index contributed by atoms with van der Waals surface area (Å²) < 4.78 is 0. The van der Waals surface area contributed by atoms with Gasteiger partial charge in [-0.1, -0.05) is 26.8 Å². The number of thiophene rings is 1. The van der Waals surface area contributed by atoms with Gasteiger partial charge in [0.25, 0.3) is 0 Å². The molecule has 1 aromatic rings. The molecule has 0 amide bonds. The molecular weight excluding hydrogens is 252 g/mol. The molecule has 2 heterocycles. The lowest BCUT2D eigenvalue weighted by molar-refractivity contribution is 0.0817. The van der Waals surface area contributed by atoms with Crippen LogP contribution in [0.3, 0.4) is 0 Å². The van der Waals surface area contributed by atoms with Crippen molar-refractivity contribution in [3.63, 3.8) is 0 Å². The molecule has 1 aromatic heterocycles. The highest BCUT2D eigenvalue weighted by Crippen LogP contribution is 2.29. The molecule has 19 heavy (non-hydrogen) atoms. The van der Waals surface area contributed by atoms with E-state index in [1.165, 1.54) is 24.3 Å². The van der Waals surface area contributed by atoms with Crippen LogP contribution in [0.2, 0.25) is 0 Å². The summed E-state index contributed by atoms with van der Waals surface area (Å²) in [5.41, 5.74) is 0. The normalized spacial score (nSPS) is 26.8. The van der Waals surface area contributed by atoms with E-state index in [2.05, 4.69) is 55.4 Å². The average molecular weight is 280 g/mol. The van der Waals surface area contributed by atoms with Gasteiger partial charge in [0.05, 0.1) is 0 Å². The molecule has 3 atom stereocenters. The first-order chi connectivity index (χ1) is 9.11. The predicted octanol–water partition coefficient (Wildman–Crippen LogP) is 3.91. The lowest BCUT2D eigenvalue weighted by Gasteiger charge is -2.43. The van der Waals surface area contributed by atoms with Crippen molar-refractivity contribution in [1.29, 1.82) is 0 Å². The Labute approximate surface area is 122 Å². The fraction of sp³-hybridized carbons (Fsp3) is 0.750. The maximum atomic E-state index is 3.74. The van der Waals surface area contributed by atoms with Crippen molar-refractivity contribution in [3.8, 4) is 0 Å². The maximum absolute atomic E-state index is 3.74. The van der Waals surface area contributed by atoms with Gasteiger partial charge in [-0.25, -0.2) is 0 Å². The topological polar surface area (TPSA) is 15.3 Å². The van der Waals surface area contributed by atoms with E-state index in [0.717, 1.165) is 12.5 Å². The minimum Gasteiger partial charge on any atom is -0.311 e. The minimum atomic E-state index is 0.557. The Morgan fingerprint density at radius 1 is 1.42 bits per heavy atom. The van der Waals surface area contributed by atoms with Gasteiger partial charge in [-0.2, -0.15) is 0 Å². The van der Waals surface area contributed by atoms with Crippen molar-refractivity contribution in [2.75, 3.05) is 13.1 Å². The largest absolute Gasteiger partial charge is 0.311 e. The van der Waals surface area contributed by atoms with Crippen LogP contribution >= 0.6 is 11.3 Å². The molecule has 2 nitrogen and oxygen atoms in total. The summed E-state index contributed by atoms with van der Waals surface area (Å²) in [6, 6.07) is 6.35. The maximum Gasteiger partial charge on any atom is 0.0417 e. The standard InChI is InChI=1S/C16H28N2S/c1-5-15-10-17-14(9-12(2)3)11-18(15)13(4)16-7-6-8-19-16/h6-8,12-15,17H,5,9-11H2,1-4H3. The summed E-state index contributed by atoms with van der Waals surface area (Å²) >= 11 is 1.89. The highest BCUT2D eigenvalue weighted by Gasteiger charge is 2.31. The Hall–Kier alpha value is -0.380. The van der Waals surface area contributed by atoms with Crippen LogP contribution in [0.4, 0.5) is 0 Å². The molecule has 3 heteroatoms. The van der Waals surface area contributed by atoms with Crippen molar-refractivity contribution in [2.45, 2.75) is 58.7 Å². The summed E-state index contributed by atoms with van der Waals surface area (Å²) in [4.78, 5) is 4.22. The Bertz CT molecular complexity index is 361. The van der Waals surface area contributed by atoms with Gasteiger partial charge < -0.3 is 5.32 Å². The van der Waals surface area contributed by atoms with Crippen LogP contribution in [0, 0.1) is 5.92 Å². The third-order valence-corrected chi connectivity index (χ3v) is 5.26. The first kappa shape index (κ1) is 15.0. The first-order valence-corrected chi connectivity index (χ1v) is 8.52. The molecular formula is C16H28N2S. The molecule has 0 radical (unpaired) electrons. The van der Waals surface area contributed by atoms with E-state index in [4.69, 9.17) is 0 Å². The second kappa shape index (κ2) is 6.87. The average Bonchev–Trinajstić information content (AvgIpc) is 2.91. The number of hydrogen-bond acceptors (Lipinski definition) is 3. The Balaban J connectivity index is 2.05. The van der Waals surface area contributed by atoms with Crippen molar-refractivity contribution in [2.24, 2.45) is 5.92 Å². The molecule has 1 aliphatic heterocycles. The van der Waals surface area contributed by atoms with Gasteiger partial charge in [0.1, 0.15) is 0 Å². The molecule has 0 saturated carbocycles. The Morgan fingerprint density at radius 2 is 2.21 bits per heavy atom. The summed E-state index contributed by atoms with van der Waals surface area (Å²) in [5, 5.41) is 5.94. The minimum absolute atomic E-state index is 0.557. The van der Waals surface area contributed by atoms with E-state index in [1.807, 2.05) is 11.3 Å². The lowest BCUT2D eigenvalue weighted by Crippen LogP contribution is -2.56. The molecule has 1 saturated heterocycles. The van der Waals surface area contributed by atoms with E-state index in [-0.39, 0.29) is 0 Å². The monoisotopic (exact) mass is 280 g/mol. The van der Waals surface area contributed by atoms with E-state index in [0.29, 0.717) is 18.1 Å². The fourth-order valence-electron chi connectivity index (χ4n) is 3.16. The van der Waals surface area contributed by atoms with Crippen LogP contribution in [0.1, 0.15) is 51.5 Å². The van der Waals surface area contributed by atoms with Crippen LogP contribution in [0.25, 0.3) is 0 Å². The second-order valence-corrected chi connectivity index (χ2v) is 7.16. The first-order valence-electron chi connectivity index (χ1n) is 7.64. The van der Waals surface area contributed by atoms with E-state index >= 15 is 0 Å². The van der Waals surface area contributed by atoms with Crippen LogP contribution < -0.4 is 5.32 Å². The van der Waals surface area contributed by atoms with E-state index < -0.39 is 0 Å². The van der Waals surface area contributed by atoms with Crippen molar-refractivity contribution < 1.29 is 0 Å². The summed E-state index contributed by atoms with van der Waals surface area (Å²) in [5.74, 6) is 0.773. The third-order valence-electron chi connectivity index (χ3n) is 4.22. The van der Waals surface area contributed by atoms with Crippen LogP contribution in [0.15, 0.2) is 17.5 Å². The summed E-state index contributed by atoms with van der Waals surface area (Å²) in [7, 11) is 0. The zero-order chi connectivity index (χ0) is 13.8. The smallest absolute Gasteiger partial charge is 0.0417 e. The molecule has 108 valence electrons. The van der Waals surface area contributed by atoms with Crippen LogP contribution in [-0.2, 0) is 0 Å². The zero-order valence-corrected chi connectivity index (χ0v) is 13.5. The quantitative estimate of drug-likeness (QED) is 0.880. The Kier molecular flexibility index (Phi) is 5.43. The molecule has 2 rings (SSSR count). The number of hydrogen-bond donors (Lipinski definition) is 1. The molecule has 3 unspecified atom stereocenters. The highest BCUT2D eigenvalue weighted by atomic mass is 32.1. The number of nitrogens with one attached hydrogen (secondary N) is 1. The van der Waals surface area contributed by atoms with Crippen LogP contribution in [0.5, 0.6) is 0 Å². The van der Waals surface area contributed by atoms with Gasteiger partial charge in [-0.05, 0) is 37.1 Å². The van der Waals surface area contributed by atoms with Gasteiger partial charge in [-0.15, -0.1) is 11.3 Å². The van der Waals surface area contributed by atoms with E-state index in [9.17, 15) is 0 Å². The van der Waals surface area contributed by atoms with Crippen LogP contribution in [-0.4, -0.2) is 30.1 Å². The highest BCUT2D eigenvalue weighted by molar-refractivity contribution is 7.10. The number of piperazine rings is 1. The van der Waals surface area contributed by atoms with E-state index in [1.54, 1.807) is 0 Å². The van der Waals surface area contributed by atoms with Gasteiger partial charge >= 0.3 is 0 Å². The van der Waals surface area contributed by atoms with Gasteiger partial charge in [-0.3, -0.25) is 4.90 Å². The molecule has 0 aromatic carbocycles. The number of nitrogens with zero attached hydrogens (tertiary/aromatic N) is 1.